The van der Waals surface area contributed by atoms with Crippen molar-refractivity contribution < 1.29 is 21.9 Å². The molecular weight excluding hydrogens is 370 g/mol. The van der Waals surface area contributed by atoms with Crippen LogP contribution < -0.4 is 9.46 Å². The molecule has 0 aliphatic rings. The smallest absolute Gasteiger partial charge is 0.267 e. The molecule has 1 heterocycles. The average Bonchev–Trinajstić information content (AvgIpc) is 2.42. The van der Waals surface area contributed by atoms with E-state index in [2.05, 4.69) is 20.9 Å². The highest BCUT2D eigenvalue weighted by atomic mass is 79.9. The lowest BCUT2D eigenvalue weighted by molar-refractivity contribution is 0.385. The van der Waals surface area contributed by atoms with Gasteiger partial charge in [0.25, 0.3) is 10.0 Å². The van der Waals surface area contributed by atoms with Gasteiger partial charge in [0.1, 0.15) is 11.6 Å². The lowest BCUT2D eigenvalue weighted by atomic mass is 10.3. The van der Waals surface area contributed by atoms with E-state index in [-0.39, 0.29) is 16.5 Å². The summed E-state index contributed by atoms with van der Waals surface area (Å²) in [5, 5.41) is 0. The van der Waals surface area contributed by atoms with E-state index in [0.29, 0.717) is 10.5 Å². The maximum Gasteiger partial charge on any atom is 0.267 e. The Balaban J connectivity index is 2.45. The minimum Gasteiger partial charge on any atom is -0.480 e. The Labute approximate surface area is 128 Å². The summed E-state index contributed by atoms with van der Waals surface area (Å²) in [5.41, 5.74) is -0.376. The third kappa shape index (κ3) is 3.48. The second kappa shape index (κ2) is 5.94. The van der Waals surface area contributed by atoms with Crippen LogP contribution in [0.5, 0.6) is 5.88 Å². The summed E-state index contributed by atoms with van der Waals surface area (Å²) >= 11 is 3.09. The first-order valence-electron chi connectivity index (χ1n) is 5.51. The first-order valence-corrected chi connectivity index (χ1v) is 7.78. The van der Waals surface area contributed by atoms with Gasteiger partial charge in [0.15, 0.2) is 4.90 Å². The van der Waals surface area contributed by atoms with E-state index in [1.54, 1.807) is 0 Å². The summed E-state index contributed by atoms with van der Waals surface area (Å²) in [7, 11) is -2.89. The second-order valence-corrected chi connectivity index (χ2v) is 6.46. The van der Waals surface area contributed by atoms with Crippen molar-refractivity contribution in [2.24, 2.45) is 0 Å². The van der Waals surface area contributed by atoms with Crippen molar-refractivity contribution in [1.29, 1.82) is 0 Å². The number of hydrogen-bond donors (Lipinski definition) is 1. The van der Waals surface area contributed by atoms with Gasteiger partial charge in [-0.15, -0.1) is 0 Å². The number of anilines is 1. The van der Waals surface area contributed by atoms with Gasteiger partial charge in [-0.2, -0.15) is 0 Å². The van der Waals surface area contributed by atoms with Crippen LogP contribution >= 0.6 is 15.9 Å². The van der Waals surface area contributed by atoms with Crippen LogP contribution in [0.15, 0.2) is 39.8 Å². The largest absolute Gasteiger partial charge is 0.480 e. The minimum absolute atomic E-state index is 0.145. The van der Waals surface area contributed by atoms with Crippen molar-refractivity contribution in [2.45, 2.75) is 4.90 Å². The number of benzene rings is 1. The van der Waals surface area contributed by atoms with Crippen LogP contribution in [0, 0.1) is 11.6 Å². The number of pyridine rings is 1. The van der Waals surface area contributed by atoms with Gasteiger partial charge in [-0.25, -0.2) is 22.2 Å². The third-order valence-corrected chi connectivity index (χ3v) is 4.24. The van der Waals surface area contributed by atoms with Crippen molar-refractivity contribution in [1.82, 2.24) is 4.98 Å². The summed E-state index contributed by atoms with van der Waals surface area (Å²) in [5.74, 6) is -1.98. The molecule has 0 saturated carbocycles. The van der Waals surface area contributed by atoms with Gasteiger partial charge in [-0.1, -0.05) is 0 Å². The molecule has 21 heavy (non-hydrogen) atoms. The SMILES string of the molecule is COc1ncc(Br)cc1S(=O)(=O)Nc1ccc(F)cc1F. The Morgan fingerprint density at radius 1 is 1.29 bits per heavy atom. The second-order valence-electron chi connectivity index (χ2n) is 3.89. The third-order valence-electron chi connectivity index (χ3n) is 2.44. The molecule has 1 aromatic carbocycles. The number of methoxy groups -OCH3 is 1. The molecule has 9 heteroatoms. The quantitative estimate of drug-likeness (QED) is 0.887. The number of ether oxygens (including phenoxy) is 1. The zero-order valence-electron chi connectivity index (χ0n) is 10.6. The molecule has 5 nitrogen and oxygen atoms in total. The molecule has 0 unspecified atom stereocenters. The number of aromatic nitrogens is 1. The number of nitrogens with one attached hydrogen (secondary N) is 1. The van der Waals surface area contributed by atoms with E-state index in [1.165, 1.54) is 19.4 Å². The van der Waals surface area contributed by atoms with Crippen LogP contribution in [-0.4, -0.2) is 20.5 Å². The van der Waals surface area contributed by atoms with Crippen molar-refractivity contribution in [2.75, 3.05) is 11.8 Å². The van der Waals surface area contributed by atoms with E-state index >= 15 is 0 Å². The summed E-state index contributed by atoms with van der Waals surface area (Å²) in [4.78, 5) is 3.52. The van der Waals surface area contributed by atoms with Crippen molar-refractivity contribution in [3.63, 3.8) is 0 Å². The number of sulfonamides is 1. The Morgan fingerprint density at radius 2 is 2.00 bits per heavy atom. The molecule has 2 aromatic rings. The predicted octanol–water partition coefficient (Wildman–Crippen LogP) is 2.93. The highest BCUT2D eigenvalue weighted by Crippen LogP contribution is 2.27. The van der Waals surface area contributed by atoms with Crippen LogP contribution in [-0.2, 0) is 10.0 Å². The van der Waals surface area contributed by atoms with Gasteiger partial charge in [0, 0.05) is 16.7 Å². The fourth-order valence-electron chi connectivity index (χ4n) is 1.53. The van der Waals surface area contributed by atoms with Crippen molar-refractivity contribution in [3.05, 3.63) is 46.6 Å². The topological polar surface area (TPSA) is 68.3 Å². The molecule has 1 N–H and O–H groups in total. The molecule has 0 aliphatic heterocycles. The molecule has 0 amide bonds. The normalized spacial score (nSPS) is 11.2. The molecule has 0 radical (unpaired) electrons. The van der Waals surface area contributed by atoms with Gasteiger partial charge in [-0.3, -0.25) is 4.72 Å². The molecule has 2 rings (SSSR count). The molecule has 112 valence electrons. The summed E-state index contributed by atoms with van der Waals surface area (Å²) in [6, 6.07) is 3.77. The van der Waals surface area contributed by atoms with Crippen LogP contribution in [0.25, 0.3) is 0 Å². The standard InChI is InChI=1S/C12H9BrF2N2O3S/c1-20-12-11(4-7(13)6-16-12)21(18,19)17-10-3-2-8(14)5-9(10)15/h2-6,17H,1H3. The zero-order chi connectivity index (χ0) is 15.6. The van der Waals surface area contributed by atoms with Crippen LogP contribution in [0.2, 0.25) is 0 Å². The first-order chi connectivity index (χ1) is 9.83. The molecule has 0 atom stereocenters. The van der Waals surface area contributed by atoms with Gasteiger partial charge in [-0.05, 0) is 34.1 Å². The average molecular weight is 379 g/mol. The Hall–Kier alpha value is -1.74. The molecule has 0 spiro atoms. The summed E-state index contributed by atoms with van der Waals surface area (Å²) in [6.07, 6.45) is 1.36. The molecular formula is C12H9BrF2N2O3S. The number of nitrogens with zero attached hydrogens (tertiary/aromatic N) is 1. The molecule has 1 aromatic heterocycles. The van der Waals surface area contributed by atoms with Crippen molar-refractivity contribution >= 4 is 31.6 Å². The fraction of sp³-hybridized carbons (Fsp3) is 0.0833. The van der Waals surface area contributed by atoms with Crippen molar-refractivity contribution in [3.8, 4) is 5.88 Å². The molecule has 0 bridgehead atoms. The van der Waals surface area contributed by atoms with E-state index in [1.807, 2.05) is 4.72 Å². The Kier molecular flexibility index (Phi) is 4.43. The number of rotatable bonds is 4. The van der Waals surface area contributed by atoms with E-state index in [9.17, 15) is 17.2 Å². The van der Waals surface area contributed by atoms with E-state index in [0.717, 1.165) is 12.1 Å². The van der Waals surface area contributed by atoms with Crippen LogP contribution in [0.4, 0.5) is 14.5 Å². The van der Waals surface area contributed by atoms with Gasteiger partial charge in [0.2, 0.25) is 5.88 Å². The number of halogens is 3. The van der Waals surface area contributed by atoms with Gasteiger partial charge in [0.05, 0.1) is 12.8 Å². The van der Waals surface area contributed by atoms with Gasteiger partial charge < -0.3 is 4.74 Å². The monoisotopic (exact) mass is 378 g/mol. The first kappa shape index (κ1) is 15.6. The van der Waals surface area contributed by atoms with Crippen LogP contribution in [0.1, 0.15) is 0 Å². The lowest BCUT2D eigenvalue weighted by Gasteiger charge is -2.11. The maximum absolute atomic E-state index is 13.5. The van der Waals surface area contributed by atoms with E-state index < -0.39 is 21.7 Å². The maximum atomic E-state index is 13.5. The lowest BCUT2D eigenvalue weighted by Crippen LogP contribution is -2.15. The zero-order valence-corrected chi connectivity index (χ0v) is 13.0. The Bertz CT molecular complexity index is 784. The number of hydrogen-bond acceptors (Lipinski definition) is 4. The predicted molar refractivity (Wildman–Crippen MR) is 75.7 cm³/mol. The highest BCUT2D eigenvalue weighted by Gasteiger charge is 2.22. The highest BCUT2D eigenvalue weighted by molar-refractivity contribution is 9.10. The van der Waals surface area contributed by atoms with Crippen LogP contribution in [0.3, 0.4) is 0 Å². The van der Waals surface area contributed by atoms with Gasteiger partial charge >= 0.3 is 0 Å². The molecule has 0 saturated heterocycles. The fourth-order valence-corrected chi connectivity index (χ4v) is 3.22. The summed E-state index contributed by atoms with van der Waals surface area (Å²) in [6.45, 7) is 0. The summed E-state index contributed by atoms with van der Waals surface area (Å²) < 4.78 is 58.2. The molecule has 0 aliphatic carbocycles. The molecule has 0 fully saturated rings. The Morgan fingerprint density at radius 3 is 2.62 bits per heavy atom. The van der Waals surface area contributed by atoms with E-state index in [4.69, 9.17) is 4.74 Å². The minimum atomic E-state index is -4.14.